The van der Waals surface area contributed by atoms with Gasteiger partial charge in [-0.3, -0.25) is 0 Å². The Morgan fingerprint density at radius 2 is 1.81 bits per heavy atom. The highest BCUT2D eigenvalue weighted by atomic mass is 16.6. The van der Waals surface area contributed by atoms with E-state index in [1.54, 1.807) is 34.6 Å². The van der Waals surface area contributed by atoms with Crippen LogP contribution in [0.5, 0.6) is 0 Å². The molecule has 1 unspecified atom stereocenters. The molecule has 0 bridgehead atoms. The Morgan fingerprint density at radius 1 is 1.31 bits per heavy atom. The Morgan fingerprint density at radius 3 is 2.12 bits per heavy atom. The van der Waals surface area contributed by atoms with E-state index < -0.39 is 23.7 Å². The normalized spacial score (nSPS) is 12.6. The highest BCUT2D eigenvalue weighted by molar-refractivity contribution is 5.82. The lowest BCUT2D eigenvalue weighted by Gasteiger charge is -2.21. The van der Waals surface area contributed by atoms with Gasteiger partial charge in [-0.15, -0.1) is 0 Å². The monoisotopic (exact) mass is 229 g/mol. The summed E-state index contributed by atoms with van der Waals surface area (Å²) in [4.78, 5) is 22.2. The van der Waals surface area contributed by atoms with Crippen molar-refractivity contribution in [1.82, 2.24) is 5.32 Å². The number of alkyl carbamates (subject to hydrolysis) is 1. The van der Waals surface area contributed by atoms with E-state index in [-0.39, 0.29) is 0 Å². The third kappa shape index (κ3) is 6.86. The van der Waals surface area contributed by atoms with Crippen LogP contribution in [0.15, 0.2) is 11.6 Å². The number of carboxylic acids is 1. The summed E-state index contributed by atoms with van der Waals surface area (Å²) in [5.41, 5.74) is 0.168. The number of carbonyl (C=O) groups is 2. The average Bonchev–Trinajstić information content (AvgIpc) is 1.97. The number of aliphatic carboxylic acids is 1. The molecule has 0 aromatic heterocycles. The summed E-state index contributed by atoms with van der Waals surface area (Å²) < 4.78 is 4.96. The maximum atomic E-state index is 11.3. The zero-order valence-electron chi connectivity index (χ0n) is 10.3. The van der Waals surface area contributed by atoms with Crippen molar-refractivity contribution >= 4 is 12.1 Å². The molecule has 0 saturated carbocycles. The van der Waals surface area contributed by atoms with Crippen molar-refractivity contribution in [2.75, 3.05) is 0 Å². The fraction of sp³-hybridized carbons (Fsp3) is 0.636. The number of carboxylic acid groups (broad SMARTS) is 1. The lowest BCUT2D eigenvalue weighted by Crippen LogP contribution is -2.42. The van der Waals surface area contributed by atoms with Crippen LogP contribution in [0.4, 0.5) is 4.79 Å². The average molecular weight is 229 g/mol. The molecule has 1 atom stereocenters. The molecule has 0 aromatic carbocycles. The van der Waals surface area contributed by atoms with Gasteiger partial charge in [0.15, 0.2) is 0 Å². The number of ether oxygens (including phenoxy) is 1. The quantitative estimate of drug-likeness (QED) is 0.725. The highest BCUT2D eigenvalue weighted by Crippen LogP contribution is 2.07. The van der Waals surface area contributed by atoms with E-state index in [9.17, 15) is 9.59 Å². The third-order valence-electron chi connectivity index (χ3n) is 1.44. The summed E-state index contributed by atoms with van der Waals surface area (Å²) in [5, 5.41) is 11.1. The van der Waals surface area contributed by atoms with Crippen molar-refractivity contribution in [2.45, 2.75) is 46.3 Å². The van der Waals surface area contributed by atoms with Crippen molar-refractivity contribution in [1.29, 1.82) is 0 Å². The first-order chi connectivity index (χ1) is 7.11. The first-order valence-electron chi connectivity index (χ1n) is 4.99. The second kappa shape index (κ2) is 5.53. The molecular weight excluding hydrogens is 210 g/mol. The number of amides is 1. The van der Waals surface area contributed by atoms with Crippen LogP contribution in [0.1, 0.15) is 34.6 Å². The molecule has 5 nitrogen and oxygen atoms in total. The lowest BCUT2D eigenvalue weighted by atomic mass is 10.2. The van der Waals surface area contributed by atoms with Crippen LogP contribution in [0.3, 0.4) is 0 Å². The van der Waals surface area contributed by atoms with Gasteiger partial charge in [-0.1, -0.05) is 11.6 Å². The van der Waals surface area contributed by atoms with E-state index in [2.05, 4.69) is 5.32 Å². The smallest absolute Gasteiger partial charge is 0.408 e. The predicted octanol–water partition coefficient (Wildman–Crippen LogP) is 1.93. The topological polar surface area (TPSA) is 75.6 Å². The lowest BCUT2D eigenvalue weighted by molar-refractivity contribution is -0.138. The number of carbonyl (C=O) groups excluding carboxylic acids is 1. The van der Waals surface area contributed by atoms with E-state index in [1.807, 2.05) is 0 Å². The minimum atomic E-state index is -1.12. The summed E-state index contributed by atoms with van der Waals surface area (Å²) in [5.74, 6) is -1.12. The van der Waals surface area contributed by atoms with Gasteiger partial charge in [0.2, 0.25) is 0 Å². The Bertz CT molecular complexity index is 298. The van der Waals surface area contributed by atoms with Crippen LogP contribution in [-0.2, 0) is 9.53 Å². The summed E-state index contributed by atoms with van der Waals surface area (Å²) in [6.45, 7) is 8.65. The fourth-order valence-corrected chi connectivity index (χ4v) is 0.943. The molecule has 1 amide bonds. The first kappa shape index (κ1) is 14.5. The van der Waals surface area contributed by atoms with E-state index in [0.29, 0.717) is 0 Å². The van der Waals surface area contributed by atoms with Crippen molar-refractivity contribution in [2.24, 2.45) is 0 Å². The summed E-state index contributed by atoms with van der Waals surface area (Å²) in [6, 6.07) is -1.06. The van der Waals surface area contributed by atoms with Crippen LogP contribution in [-0.4, -0.2) is 28.8 Å². The predicted molar refractivity (Wildman–Crippen MR) is 60.2 cm³/mol. The number of rotatable bonds is 3. The number of allylic oxidation sites excluding steroid dienone is 1. The van der Waals surface area contributed by atoms with Gasteiger partial charge in [-0.25, -0.2) is 9.59 Å². The molecule has 16 heavy (non-hydrogen) atoms. The molecule has 2 N–H and O–H groups in total. The van der Waals surface area contributed by atoms with Gasteiger partial charge in [0.1, 0.15) is 11.6 Å². The Hall–Kier alpha value is -1.52. The van der Waals surface area contributed by atoms with E-state index in [4.69, 9.17) is 9.84 Å². The molecule has 0 aliphatic carbocycles. The standard InChI is InChI=1S/C11H19NO4/c1-7(2)6-8(9(13)14)12-10(15)16-11(3,4)5/h6,8H,1-5H3,(H,12,15)(H,13,14). The van der Waals surface area contributed by atoms with Gasteiger partial charge < -0.3 is 15.2 Å². The molecule has 0 aliphatic rings. The van der Waals surface area contributed by atoms with Crippen molar-refractivity contribution in [3.05, 3.63) is 11.6 Å². The van der Waals surface area contributed by atoms with Crippen LogP contribution in [0.2, 0.25) is 0 Å². The van der Waals surface area contributed by atoms with E-state index in [0.717, 1.165) is 5.57 Å². The Balaban J connectivity index is 4.48. The molecule has 0 saturated heterocycles. The largest absolute Gasteiger partial charge is 0.479 e. The zero-order chi connectivity index (χ0) is 12.9. The van der Waals surface area contributed by atoms with Crippen LogP contribution < -0.4 is 5.32 Å². The Kier molecular flexibility index (Phi) is 5.01. The van der Waals surface area contributed by atoms with Crippen LogP contribution >= 0.6 is 0 Å². The zero-order valence-corrected chi connectivity index (χ0v) is 10.3. The maximum Gasteiger partial charge on any atom is 0.408 e. The van der Waals surface area contributed by atoms with Crippen LogP contribution in [0.25, 0.3) is 0 Å². The van der Waals surface area contributed by atoms with Crippen molar-refractivity contribution in [3.63, 3.8) is 0 Å². The molecular formula is C11H19NO4. The molecule has 5 heteroatoms. The Labute approximate surface area is 95.5 Å². The third-order valence-corrected chi connectivity index (χ3v) is 1.44. The van der Waals surface area contributed by atoms with Gasteiger partial charge in [0, 0.05) is 0 Å². The molecule has 0 aromatic rings. The molecule has 0 aliphatic heterocycles. The molecule has 0 fully saturated rings. The van der Waals surface area contributed by atoms with Gasteiger partial charge in [0.05, 0.1) is 0 Å². The summed E-state index contributed by atoms with van der Waals surface area (Å²) >= 11 is 0. The highest BCUT2D eigenvalue weighted by Gasteiger charge is 2.21. The van der Waals surface area contributed by atoms with Gasteiger partial charge in [0.25, 0.3) is 0 Å². The van der Waals surface area contributed by atoms with Gasteiger partial charge in [-0.2, -0.15) is 0 Å². The first-order valence-corrected chi connectivity index (χ1v) is 4.99. The number of nitrogens with one attached hydrogen (secondary N) is 1. The van der Waals surface area contributed by atoms with Gasteiger partial charge >= 0.3 is 12.1 Å². The SMILES string of the molecule is CC(C)=CC(NC(=O)OC(C)(C)C)C(=O)O. The van der Waals surface area contributed by atoms with Crippen molar-refractivity contribution in [3.8, 4) is 0 Å². The molecule has 0 heterocycles. The van der Waals surface area contributed by atoms with E-state index in [1.165, 1.54) is 6.08 Å². The number of hydrogen-bond donors (Lipinski definition) is 2. The molecule has 0 spiro atoms. The summed E-state index contributed by atoms with van der Waals surface area (Å²) in [7, 11) is 0. The fourth-order valence-electron chi connectivity index (χ4n) is 0.943. The van der Waals surface area contributed by atoms with Crippen molar-refractivity contribution < 1.29 is 19.4 Å². The molecule has 0 rings (SSSR count). The minimum absolute atomic E-state index is 0.641. The van der Waals surface area contributed by atoms with Gasteiger partial charge in [-0.05, 0) is 34.6 Å². The summed E-state index contributed by atoms with van der Waals surface area (Å²) in [6.07, 6.45) is 0.712. The van der Waals surface area contributed by atoms with Crippen LogP contribution in [0, 0.1) is 0 Å². The minimum Gasteiger partial charge on any atom is -0.479 e. The number of hydrogen-bond acceptors (Lipinski definition) is 3. The van der Waals surface area contributed by atoms with E-state index >= 15 is 0 Å². The second-order valence-electron chi connectivity index (χ2n) is 4.71. The second-order valence-corrected chi connectivity index (χ2v) is 4.71. The maximum absolute atomic E-state index is 11.3. The molecule has 92 valence electrons. The molecule has 0 radical (unpaired) electrons.